The van der Waals surface area contributed by atoms with Gasteiger partial charge < -0.3 is 5.32 Å². The van der Waals surface area contributed by atoms with Crippen molar-refractivity contribution in [2.24, 2.45) is 7.05 Å². The lowest BCUT2D eigenvalue weighted by Crippen LogP contribution is -2.32. The summed E-state index contributed by atoms with van der Waals surface area (Å²) in [7, 11) is 1.44. The molecule has 0 unspecified atom stereocenters. The summed E-state index contributed by atoms with van der Waals surface area (Å²) >= 11 is 0. The van der Waals surface area contributed by atoms with Crippen LogP contribution in [-0.4, -0.2) is 26.8 Å². The first-order chi connectivity index (χ1) is 13.8. The smallest absolute Gasteiger partial charge is 0.354 e. The summed E-state index contributed by atoms with van der Waals surface area (Å²) in [4.78, 5) is 24.3. The fourth-order valence-corrected chi connectivity index (χ4v) is 2.86. The van der Waals surface area contributed by atoms with Gasteiger partial charge in [0.1, 0.15) is 0 Å². The van der Waals surface area contributed by atoms with Gasteiger partial charge in [-0.05, 0) is 17.7 Å². The summed E-state index contributed by atoms with van der Waals surface area (Å²) in [6.45, 7) is 0.275. The maximum absolute atomic E-state index is 12.9. The van der Waals surface area contributed by atoms with Crippen molar-refractivity contribution < 1.29 is 18.0 Å². The first kappa shape index (κ1) is 20.4. The molecule has 0 aliphatic rings. The van der Waals surface area contributed by atoms with E-state index in [-0.39, 0.29) is 36.8 Å². The van der Waals surface area contributed by atoms with Crippen molar-refractivity contribution in [1.82, 2.24) is 19.7 Å². The van der Waals surface area contributed by atoms with Gasteiger partial charge in [-0.1, -0.05) is 42.5 Å². The zero-order valence-electron chi connectivity index (χ0n) is 15.6. The van der Waals surface area contributed by atoms with Crippen molar-refractivity contribution in [2.75, 3.05) is 6.54 Å². The van der Waals surface area contributed by atoms with E-state index in [9.17, 15) is 22.8 Å². The van der Waals surface area contributed by atoms with E-state index in [4.69, 9.17) is 0 Å². The molecule has 1 aromatic heterocycles. The van der Waals surface area contributed by atoms with E-state index in [1.54, 1.807) is 0 Å². The van der Waals surface area contributed by atoms with Crippen LogP contribution >= 0.6 is 0 Å². The Balaban J connectivity index is 1.68. The lowest BCUT2D eigenvalue weighted by molar-refractivity contribution is -0.137. The van der Waals surface area contributed by atoms with Crippen LogP contribution in [0.4, 0.5) is 13.2 Å². The fourth-order valence-electron chi connectivity index (χ4n) is 2.86. The number of carbonyl (C=O) groups is 1. The van der Waals surface area contributed by atoms with Crippen LogP contribution in [0.25, 0.3) is 11.4 Å². The van der Waals surface area contributed by atoms with Gasteiger partial charge in [0.05, 0.1) is 18.5 Å². The summed E-state index contributed by atoms with van der Waals surface area (Å²) < 4.78 is 41.1. The second-order valence-electron chi connectivity index (χ2n) is 6.48. The number of hydrogen-bond acceptors (Lipinski definition) is 3. The lowest BCUT2D eigenvalue weighted by atomic mass is 10.1. The second kappa shape index (κ2) is 8.34. The maximum Gasteiger partial charge on any atom is 0.416 e. The molecule has 9 heteroatoms. The van der Waals surface area contributed by atoms with Crippen LogP contribution in [0, 0.1) is 0 Å². The van der Waals surface area contributed by atoms with Crippen LogP contribution in [0.5, 0.6) is 0 Å². The summed E-state index contributed by atoms with van der Waals surface area (Å²) in [5.41, 5.74) is -0.238. The molecule has 1 heterocycles. The summed E-state index contributed by atoms with van der Waals surface area (Å²) in [6.07, 6.45) is -4.27. The highest BCUT2D eigenvalue weighted by molar-refractivity contribution is 5.78. The molecule has 0 saturated heterocycles. The van der Waals surface area contributed by atoms with Crippen LogP contribution < -0.4 is 11.0 Å². The number of nitrogens with zero attached hydrogens (tertiary/aromatic N) is 3. The van der Waals surface area contributed by atoms with Crippen molar-refractivity contribution in [3.63, 3.8) is 0 Å². The minimum absolute atomic E-state index is 0.103. The van der Waals surface area contributed by atoms with E-state index in [2.05, 4.69) is 10.4 Å². The van der Waals surface area contributed by atoms with E-state index in [1.165, 1.54) is 23.7 Å². The molecule has 152 valence electrons. The molecule has 1 N–H and O–H groups in total. The van der Waals surface area contributed by atoms with Gasteiger partial charge in [-0.2, -0.15) is 13.2 Å². The molecule has 0 bridgehead atoms. The first-order valence-corrected chi connectivity index (χ1v) is 8.88. The number of benzene rings is 2. The van der Waals surface area contributed by atoms with Gasteiger partial charge in [0.25, 0.3) is 0 Å². The highest BCUT2D eigenvalue weighted by atomic mass is 19.4. The van der Waals surface area contributed by atoms with E-state index in [1.807, 2.05) is 30.3 Å². The van der Waals surface area contributed by atoms with Gasteiger partial charge in [-0.15, -0.1) is 5.10 Å². The molecule has 0 atom stereocenters. The SMILES string of the molecule is Cn1c(-c2cccc(C(F)(F)F)c2)nn(CCNC(=O)Cc2ccccc2)c1=O. The Hall–Kier alpha value is -3.36. The third-order valence-corrected chi connectivity index (χ3v) is 4.34. The second-order valence-corrected chi connectivity index (χ2v) is 6.48. The Bertz CT molecular complexity index is 1060. The van der Waals surface area contributed by atoms with Crippen LogP contribution in [0.2, 0.25) is 0 Å². The molecule has 0 spiro atoms. The lowest BCUT2D eigenvalue weighted by Gasteiger charge is -2.08. The molecule has 6 nitrogen and oxygen atoms in total. The highest BCUT2D eigenvalue weighted by Gasteiger charge is 2.30. The zero-order chi connectivity index (χ0) is 21.0. The molecule has 2 aromatic carbocycles. The molecule has 0 saturated carbocycles. The predicted octanol–water partition coefficient (Wildman–Crippen LogP) is 2.63. The number of halogens is 3. The van der Waals surface area contributed by atoms with Gasteiger partial charge >= 0.3 is 11.9 Å². The summed E-state index contributed by atoms with van der Waals surface area (Å²) in [5, 5.41) is 6.84. The molecule has 29 heavy (non-hydrogen) atoms. The highest BCUT2D eigenvalue weighted by Crippen LogP contribution is 2.31. The Morgan fingerprint density at radius 2 is 1.83 bits per heavy atom. The largest absolute Gasteiger partial charge is 0.416 e. The summed E-state index contributed by atoms with van der Waals surface area (Å²) in [5.74, 6) is -0.0741. The molecule has 0 aliphatic heterocycles. The molecule has 1 amide bonds. The number of hydrogen-bond donors (Lipinski definition) is 1. The topological polar surface area (TPSA) is 68.9 Å². The molecule has 0 fully saturated rings. The van der Waals surface area contributed by atoms with Crippen molar-refractivity contribution in [3.8, 4) is 11.4 Å². The minimum Gasteiger partial charge on any atom is -0.354 e. The molecular formula is C20H19F3N4O2. The summed E-state index contributed by atoms with van der Waals surface area (Å²) in [6, 6.07) is 13.9. The van der Waals surface area contributed by atoms with E-state index in [0.717, 1.165) is 22.4 Å². The number of aromatic nitrogens is 3. The van der Waals surface area contributed by atoms with Gasteiger partial charge in [-0.3, -0.25) is 9.36 Å². The van der Waals surface area contributed by atoms with Crippen molar-refractivity contribution in [3.05, 3.63) is 76.2 Å². The Labute approximate surface area is 164 Å². The molecular weight excluding hydrogens is 385 g/mol. The molecule has 0 radical (unpaired) electrons. The predicted molar refractivity (Wildman–Crippen MR) is 101 cm³/mol. The standard InChI is InChI=1S/C20H19F3N4O2/c1-26-18(15-8-5-9-16(13-15)20(21,22)23)25-27(19(26)29)11-10-24-17(28)12-14-6-3-2-4-7-14/h2-9,13H,10-12H2,1H3,(H,24,28). The third kappa shape index (κ3) is 4.92. The van der Waals surface area contributed by atoms with Crippen molar-refractivity contribution in [1.29, 1.82) is 0 Å². The quantitative estimate of drug-likeness (QED) is 0.687. The first-order valence-electron chi connectivity index (χ1n) is 8.88. The Morgan fingerprint density at radius 1 is 1.10 bits per heavy atom. The minimum atomic E-state index is -4.49. The maximum atomic E-state index is 12.9. The van der Waals surface area contributed by atoms with E-state index in [0.29, 0.717) is 0 Å². The number of amides is 1. The number of rotatable bonds is 6. The Morgan fingerprint density at radius 3 is 2.52 bits per heavy atom. The monoisotopic (exact) mass is 404 g/mol. The van der Waals surface area contributed by atoms with Crippen LogP contribution in [0.15, 0.2) is 59.4 Å². The van der Waals surface area contributed by atoms with Crippen molar-refractivity contribution >= 4 is 5.91 Å². The Kier molecular flexibility index (Phi) is 5.86. The van der Waals surface area contributed by atoms with Gasteiger partial charge in [0, 0.05) is 19.2 Å². The average molecular weight is 404 g/mol. The fraction of sp³-hybridized carbons (Fsp3) is 0.250. The van der Waals surface area contributed by atoms with Gasteiger partial charge in [0.15, 0.2) is 5.82 Å². The van der Waals surface area contributed by atoms with Crippen LogP contribution in [-0.2, 0) is 31.0 Å². The number of carbonyl (C=O) groups excluding carboxylic acids is 1. The van der Waals surface area contributed by atoms with Crippen LogP contribution in [0.1, 0.15) is 11.1 Å². The third-order valence-electron chi connectivity index (χ3n) is 4.34. The normalized spacial score (nSPS) is 11.4. The number of nitrogens with one attached hydrogen (secondary N) is 1. The molecule has 3 aromatic rings. The van der Waals surface area contributed by atoms with E-state index < -0.39 is 17.4 Å². The van der Waals surface area contributed by atoms with Gasteiger partial charge in [-0.25, -0.2) is 9.48 Å². The number of alkyl halides is 3. The van der Waals surface area contributed by atoms with Crippen LogP contribution in [0.3, 0.4) is 0 Å². The van der Waals surface area contributed by atoms with Crippen molar-refractivity contribution in [2.45, 2.75) is 19.1 Å². The zero-order valence-corrected chi connectivity index (χ0v) is 15.6. The molecule has 0 aliphatic carbocycles. The molecule has 3 rings (SSSR count). The van der Waals surface area contributed by atoms with E-state index >= 15 is 0 Å². The van der Waals surface area contributed by atoms with Gasteiger partial charge in [0.2, 0.25) is 5.91 Å². The average Bonchev–Trinajstić information content (AvgIpc) is 2.97.